The van der Waals surface area contributed by atoms with Crippen LogP contribution in [0.3, 0.4) is 0 Å². The largest absolute Gasteiger partial charge is 0.487 e. The normalized spacial score (nSPS) is 11.6. The van der Waals surface area contributed by atoms with Gasteiger partial charge in [-0.25, -0.2) is 17.9 Å². The molecule has 1 aromatic heterocycles. The summed E-state index contributed by atoms with van der Waals surface area (Å²) in [7, 11) is -4.04. The summed E-state index contributed by atoms with van der Waals surface area (Å²) in [6, 6.07) is 11.3. The lowest BCUT2D eigenvalue weighted by atomic mass is 10.1. The molecule has 0 aliphatic carbocycles. The van der Waals surface area contributed by atoms with Crippen molar-refractivity contribution >= 4 is 10.0 Å². The maximum absolute atomic E-state index is 13.2. The van der Waals surface area contributed by atoms with E-state index in [-0.39, 0.29) is 34.3 Å². The highest BCUT2D eigenvalue weighted by Gasteiger charge is 2.22. The number of primary sulfonamides is 1. The number of sulfonamides is 1. The predicted octanol–water partition coefficient (Wildman–Crippen LogP) is 2.72. The third kappa shape index (κ3) is 4.52. The van der Waals surface area contributed by atoms with Gasteiger partial charge in [0.25, 0.3) is 0 Å². The summed E-state index contributed by atoms with van der Waals surface area (Å²) in [5.41, 5.74) is 0.166. The molecule has 0 radical (unpaired) electrons. The lowest BCUT2D eigenvalue weighted by molar-refractivity contribution is 0.267. The average molecular weight is 417 g/mol. The first-order chi connectivity index (χ1) is 13.7. The maximum atomic E-state index is 13.2. The quantitative estimate of drug-likeness (QED) is 0.664. The number of nitrogens with zero attached hydrogens (tertiary/aromatic N) is 2. The van der Waals surface area contributed by atoms with Crippen molar-refractivity contribution in [3.8, 4) is 22.6 Å². The van der Waals surface area contributed by atoms with Gasteiger partial charge in [0.15, 0.2) is 5.75 Å². The number of aromatic nitrogens is 2. The van der Waals surface area contributed by atoms with E-state index < -0.39 is 21.4 Å². The number of hydrogen-bond acceptors (Lipinski definition) is 5. The SMILES string of the molecule is CC(C)COc1c(-c2ccccc2S(N)(=O)=O)cnn(-c2ccc(F)cc2)c1=O. The van der Waals surface area contributed by atoms with Crippen LogP contribution < -0.4 is 15.4 Å². The highest BCUT2D eigenvalue weighted by Crippen LogP contribution is 2.31. The zero-order valence-electron chi connectivity index (χ0n) is 15.9. The number of rotatable bonds is 6. The molecule has 3 aromatic rings. The number of ether oxygens (including phenoxy) is 1. The summed E-state index contributed by atoms with van der Waals surface area (Å²) in [4.78, 5) is 13.0. The Kier molecular flexibility index (Phi) is 5.81. The fraction of sp³-hybridized carbons (Fsp3) is 0.200. The molecular weight excluding hydrogens is 397 g/mol. The van der Waals surface area contributed by atoms with Crippen LogP contribution in [0, 0.1) is 11.7 Å². The van der Waals surface area contributed by atoms with E-state index in [4.69, 9.17) is 9.88 Å². The maximum Gasteiger partial charge on any atom is 0.314 e. The highest BCUT2D eigenvalue weighted by molar-refractivity contribution is 7.89. The van der Waals surface area contributed by atoms with Crippen LogP contribution in [0.2, 0.25) is 0 Å². The van der Waals surface area contributed by atoms with Gasteiger partial charge in [-0.3, -0.25) is 4.79 Å². The lowest BCUT2D eigenvalue weighted by Gasteiger charge is -2.16. The molecular formula is C20H20FN3O4S. The van der Waals surface area contributed by atoms with Crippen molar-refractivity contribution in [1.29, 1.82) is 0 Å². The van der Waals surface area contributed by atoms with Crippen LogP contribution in [-0.2, 0) is 10.0 Å². The molecule has 0 amide bonds. The molecule has 0 bridgehead atoms. The summed E-state index contributed by atoms with van der Waals surface area (Å²) >= 11 is 0. The van der Waals surface area contributed by atoms with E-state index in [0.717, 1.165) is 4.68 Å². The molecule has 0 atom stereocenters. The van der Waals surface area contributed by atoms with Gasteiger partial charge in [-0.05, 0) is 36.2 Å². The molecule has 2 N–H and O–H groups in total. The van der Waals surface area contributed by atoms with Crippen molar-refractivity contribution in [2.75, 3.05) is 6.61 Å². The Morgan fingerprint density at radius 3 is 2.38 bits per heavy atom. The van der Waals surface area contributed by atoms with Gasteiger partial charge in [0.05, 0.1) is 29.0 Å². The summed E-state index contributed by atoms with van der Waals surface area (Å²) in [6.07, 6.45) is 1.34. The summed E-state index contributed by atoms with van der Waals surface area (Å²) in [5.74, 6) is -0.394. The second-order valence-corrected chi connectivity index (χ2v) is 8.36. The molecule has 0 unspecified atom stereocenters. The number of hydrogen-bond donors (Lipinski definition) is 1. The highest BCUT2D eigenvalue weighted by atomic mass is 32.2. The molecule has 7 nitrogen and oxygen atoms in total. The van der Waals surface area contributed by atoms with Crippen molar-refractivity contribution in [1.82, 2.24) is 9.78 Å². The van der Waals surface area contributed by atoms with Gasteiger partial charge in [0, 0.05) is 5.56 Å². The van der Waals surface area contributed by atoms with E-state index in [1.165, 1.54) is 48.7 Å². The van der Waals surface area contributed by atoms with E-state index in [2.05, 4.69) is 5.10 Å². The second-order valence-electron chi connectivity index (χ2n) is 6.83. The van der Waals surface area contributed by atoms with Gasteiger partial charge < -0.3 is 4.74 Å². The summed E-state index contributed by atoms with van der Waals surface area (Å²) < 4.78 is 44.1. The molecule has 0 spiro atoms. The third-order valence-electron chi connectivity index (χ3n) is 4.05. The molecule has 0 saturated carbocycles. The molecule has 2 aromatic carbocycles. The minimum atomic E-state index is -4.04. The smallest absolute Gasteiger partial charge is 0.314 e. The molecule has 0 fully saturated rings. The summed E-state index contributed by atoms with van der Waals surface area (Å²) in [6.45, 7) is 4.06. The van der Waals surface area contributed by atoms with Crippen LogP contribution in [0.15, 0.2) is 64.4 Å². The van der Waals surface area contributed by atoms with Gasteiger partial charge in [-0.1, -0.05) is 32.0 Å². The van der Waals surface area contributed by atoms with Crippen LogP contribution in [0.5, 0.6) is 5.75 Å². The van der Waals surface area contributed by atoms with Crippen LogP contribution in [0.25, 0.3) is 16.8 Å². The number of nitrogens with two attached hydrogens (primary N) is 1. The van der Waals surface area contributed by atoms with Crippen molar-refractivity contribution in [3.05, 3.63) is 70.9 Å². The van der Waals surface area contributed by atoms with Crippen LogP contribution >= 0.6 is 0 Å². The first-order valence-electron chi connectivity index (χ1n) is 8.81. The van der Waals surface area contributed by atoms with Gasteiger partial charge >= 0.3 is 5.56 Å². The number of benzene rings is 2. The average Bonchev–Trinajstić information content (AvgIpc) is 2.67. The Bertz CT molecular complexity index is 1190. The van der Waals surface area contributed by atoms with Crippen LogP contribution in [0.1, 0.15) is 13.8 Å². The first kappa shape index (κ1) is 20.7. The van der Waals surface area contributed by atoms with Gasteiger partial charge in [-0.15, -0.1) is 0 Å². The van der Waals surface area contributed by atoms with Crippen molar-refractivity contribution in [2.24, 2.45) is 11.1 Å². The van der Waals surface area contributed by atoms with Crippen LogP contribution in [-0.4, -0.2) is 24.8 Å². The van der Waals surface area contributed by atoms with Crippen LogP contribution in [0.4, 0.5) is 4.39 Å². The zero-order valence-corrected chi connectivity index (χ0v) is 16.7. The standard InChI is InChI=1S/C20H20FN3O4S/c1-13(2)12-28-19-17(16-5-3-4-6-18(16)29(22,26)27)11-23-24(20(19)25)15-9-7-14(21)8-10-15/h3-11,13H,12H2,1-2H3,(H2,22,26,27). The van der Waals surface area contributed by atoms with Gasteiger partial charge in [0.2, 0.25) is 10.0 Å². The number of halogens is 1. The molecule has 1 heterocycles. The summed E-state index contributed by atoms with van der Waals surface area (Å²) in [5, 5.41) is 9.46. The van der Waals surface area contributed by atoms with Crippen molar-refractivity contribution < 1.29 is 17.5 Å². The van der Waals surface area contributed by atoms with E-state index in [1.54, 1.807) is 6.07 Å². The fourth-order valence-corrected chi connectivity index (χ4v) is 3.48. The van der Waals surface area contributed by atoms with E-state index >= 15 is 0 Å². The molecule has 9 heteroatoms. The minimum absolute atomic E-state index is 0.0610. The Labute approximate surface area is 167 Å². The monoisotopic (exact) mass is 417 g/mol. The van der Waals surface area contributed by atoms with Crippen molar-refractivity contribution in [3.63, 3.8) is 0 Å². The predicted molar refractivity (Wildman–Crippen MR) is 107 cm³/mol. The Balaban J connectivity index is 2.25. The topological polar surface area (TPSA) is 104 Å². The van der Waals surface area contributed by atoms with Gasteiger partial charge in [0.1, 0.15) is 5.82 Å². The Morgan fingerprint density at radius 1 is 1.10 bits per heavy atom. The molecule has 0 saturated heterocycles. The minimum Gasteiger partial charge on any atom is -0.487 e. The molecule has 29 heavy (non-hydrogen) atoms. The Hall–Kier alpha value is -3.04. The van der Waals surface area contributed by atoms with E-state index in [1.807, 2.05) is 13.8 Å². The van der Waals surface area contributed by atoms with E-state index in [0.29, 0.717) is 5.69 Å². The fourth-order valence-electron chi connectivity index (χ4n) is 2.72. The first-order valence-corrected chi connectivity index (χ1v) is 10.4. The third-order valence-corrected chi connectivity index (χ3v) is 5.02. The molecule has 3 rings (SSSR count). The van der Waals surface area contributed by atoms with Gasteiger partial charge in [-0.2, -0.15) is 9.78 Å². The van der Waals surface area contributed by atoms with E-state index in [9.17, 15) is 17.6 Å². The molecule has 0 aliphatic rings. The molecule has 0 aliphatic heterocycles. The Morgan fingerprint density at radius 2 is 1.76 bits per heavy atom. The zero-order chi connectivity index (χ0) is 21.2. The van der Waals surface area contributed by atoms with Crippen molar-refractivity contribution in [2.45, 2.75) is 18.7 Å². The second kappa shape index (κ2) is 8.14. The molecule has 152 valence electrons. The lowest BCUT2D eigenvalue weighted by Crippen LogP contribution is -2.25.